The number of ether oxygens (including phenoxy) is 1. The lowest BCUT2D eigenvalue weighted by Crippen LogP contribution is -2.21. The van der Waals surface area contributed by atoms with Gasteiger partial charge in [0.1, 0.15) is 4.88 Å². The van der Waals surface area contributed by atoms with Crippen LogP contribution in [-0.4, -0.2) is 23.4 Å². The van der Waals surface area contributed by atoms with E-state index in [1.165, 1.54) is 12.1 Å². The van der Waals surface area contributed by atoms with Crippen LogP contribution in [0.1, 0.15) is 15.2 Å². The number of nitrogens with zero attached hydrogens (tertiary/aromatic N) is 1. The van der Waals surface area contributed by atoms with Gasteiger partial charge < -0.3 is 10.1 Å². The van der Waals surface area contributed by atoms with Gasteiger partial charge in [-0.1, -0.05) is 11.3 Å². The summed E-state index contributed by atoms with van der Waals surface area (Å²) in [6.45, 7) is 1.39. The Hall–Kier alpha value is -2.01. The number of esters is 1. The van der Waals surface area contributed by atoms with Crippen molar-refractivity contribution in [3.8, 4) is 0 Å². The van der Waals surface area contributed by atoms with E-state index in [-0.39, 0.29) is 9.88 Å². The molecule has 0 aliphatic heterocycles. The molecule has 0 aliphatic rings. The smallest absolute Gasteiger partial charge is 0.349 e. The molecule has 1 aromatic carbocycles. The normalized spacial score (nSPS) is 10.2. The van der Waals surface area contributed by atoms with Crippen molar-refractivity contribution in [2.75, 3.05) is 11.9 Å². The molecule has 120 valence electrons. The average Bonchev–Trinajstić information content (AvgIpc) is 2.98. The second-order valence-electron chi connectivity index (χ2n) is 4.48. The molecule has 2 rings (SSSR count). The summed E-state index contributed by atoms with van der Waals surface area (Å²) < 4.78 is 5.90. The Bertz CT molecular complexity index is 774. The molecule has 0 radical (unpaired) electrons. The van der Waals surface area contributed by atoms with E-state index < -0.39 is 23.4 Å². The second-order valence-corrected chi connectivity index (χ2v) is 6.79. The fraction of sp³-hybridized carbons (Fsp3) is 0.143. The molecule has 9 heteroatoms. The summed E-state index contributed by atoms with van der Waals surface area (Å²) in [7, 11) is 0. The molecule has 0 bridgehead atoms. The highest BCUT2D eigenvalue weighted by molar-refractivity contribution is 14.1. The Morgan fingerprint density at radius 1 is 1.35 bits per heavy atom. The van der Waals surface area contributed by atoms with Gasteiger partial charge in [-0.05, 0) is 59.3 Å². The van der Waals surface area contributed by atoms with Crippen molar-refractivity contribution >= 4 is 56.5 Å². The highest BCUT2D eigenvalue weighted by atomic mass is 127. The van der Waals surface area contributed by atoms with Crippen LogP contribution in [0.15, 0.2) is 30.3 Å². The largest absolute Gasteiger partial charge is 0.451 e. The Kier molecular flexibility index (Phi) is 5.66. The van der Waals surface area contributed by atoms with Crippen LogP contribution in [0.5, 0.6) is 0 Å². The van der Waals surface area contributed by atoms with Gasteiger partial charge in [-0.3, -0.25) is 14.9 Å². The van der Waals surface area contributed by atoms with Gasteiger partial charge in [0.2, 0.25) is 0 Å². The number of hydrogen-bond donors (Lipinski definition) is 1. The van der Waals surface area contributed by atoms with Gasteiger partial charge in [0, 0.05) is 15.3 Å². The third kappa shape index (κ3) is 4.73. The molecule has 0 fully saturated rings. The maximum Gasteiger partial charge on any atom is 0.349 e. The van der Waals surface area contributed by atoms with Crippen molar-refractivity contribution in [3.05, 3.63) is 54.5 Å². The summed E-state index contributed by atoms with van der Waals surface area (Å²) in [5, 5.41) is 13.0. The van der Waals surface area contributed by atoms with E-state index in [0.717, 1.165) is 9.13 Å². The number of amides is 1. The van der Waals surface area contributed by atoms with E-state index in [4.69, 9.17) is 4.74 Å². The number of nitro groups is 1. The number of rotatable bonds is 5. The zero-order valence-corrected chi connectivity index (χ0v) is 14.8. The number of halogens is 1. The van der Waals surface area contributed by atoms with E-state index >= 15 is 0 Å². The highest BCUT2D eigenvalue weighted by Crippen LogP contribution is 2.24. The number of thiophene rings is 1. The number of aryl methyl sites for hydroxylation is 1. The van der Waals surface area contributed by atoms with Gasteiger partial charge >= 0.3 is 11.0 Å². The van der Waals surface area contributed by atoms with Crippen molar-refractivity contribution in [1.29, 1.82) is 0 Å². The maximum absolute atomic E-state index is 11.8. The molecule has 1 aromatic heterocycles. The molecule has 0 saturated carbocycles. The Morgan fingerprint density at radius 2 is 2.09 bits per heavy atom. The van der Waals surface area contributed by atoms with Gasteiger partial charge in [0.05, 0.1) is 4.92 Å². The van der Waals surface area contributed by atoms with Crippen LogP contribution in [-0.2, 0) is 9.53 Å². The molecule has 1 heterocycles. The lowest BCUT2D eigenvalue weighted by molar-refractivity contribution is -0.380. The molecular formula is C14H11IN2O5S. The molecule has 1 N–H and O–H groups in total. The van der Waals surface area contributed by atoms with Gasteiger partial charge in [0.15, 0.2) is 6.61 Å². The highest BCUT2D eigenvalue weighted by Gasteiger charge is 2.17. The second kappa shape index (κ2) is 7.51. The van der Waals surface area contributed by atoms with E-state index in [0.29, 0.717) is 17.0 Å². The fourth-order valence-electron chi connectivity index (χ4n) is 1.69. The molecular weight excluding hydrogens is 435 g/mol. The van der Waals surface area contributed by atoms with Crippen LogP contribution in [0.25, 0.3) is 0 Å². The fourth-order valence-corrected chi connectivity index (χ4v) is 3.05. The summed E-state index contributed by atoms with van der Waals surface area (Å²) in [5.41, 5.74) is 1.53. The molecule has 1 amide bonds. The zero-order valence-electron chi connectivity index (χ0n) is 11.9. The lowest BCUT2D eigenvalue weighted by Gasteiger charge is -2.08. The Labute approximate surface area is 148 Å². The van der Waals surface area contributed by atoms with Gasteiger partial charge in [-0.15, -0.1) is 0 Å². The maximum atomic E-state index is 11.8. The van der Waals surface area contributed by atoms with E-state index in [1.807, 2.05) is 19.1 Å². The van der Waals surface area contributed by atoms with Crippen molar-refractivity contribution in [2.24, 2.45) is 0 Å². The van der Waals surface area contributed by atoms with Crippen LogP contribution >= 0.6 is 33.9 Å². The summed E-state index contributed by atoms with van der Waals surface area (Å²) >= 11 is 2.87. The topological polar surface area (TPSA) is 98.5 Å². The first-order valence-electron chi connectivity index (χ1n) is 6.34. The minimum absolute atomic E-state index is 0.0787. The molecule has 0 unspecified atom stereocenters. The minimum atomic E-state index is -0.766. The van der Waals surface area contributed by atoms with Crippen LogP contribution < -0.4 is 5.32 Å². The van der Waals surface area contributed by atoms with Gasteiger partial charge in [-0.25, -0.2) is 4.79 Å². The third-order valence-electron chi connectivity index (χ3n) is 2.77. The van der Waals surface area contributed by atoms with Crippen molar-refractivity contribution in [1.82, 2.24) is 0 Å². The number of hydrogen-bond acceptors (Lipinski definition) is 6. The molecule has 0 atom stereocenters. The zero-order chi connectivity index (χ0) is 17.0. The minimum Gasteiger partial charge on any atom is -0.451 e. The van der Waals surface area contributed by atoms with Crippen molar-refractivity contribution in [2.45, 2.75) is 6.92 Å². The van der Waals surface area contributed by atoms with Crippen molar-refractivity contribution < 1.29 is 19.2 Å². The lowest BCUT2D eigenvalue weighted by atomic mass is 10.2. The SMILES string of the molecule is Cc1cc(I)ccc1NC(=O)COC(=O)c1ccc([N+](=O)[O-])s1. The molecule has 23 heavy (non-hydrogen) atoms. The summed E-state index contributed by atoms with van der Waals surface area (Å²) in [6, 6.07) is 8.04. The van der Waals surface area contributed by atoms with Crippen LogP contribution in [0, 0.1) is 20.6 Å². The first-order valence-corrected chi connectivity index (χ1v) is 8.23. The third-order valence-corrected chi connectivity index (χ3v) is 4.46. The standard InChI is InChI=1S/C14H11IN2O5S/c1-8-6-9(15)2-3-10(8)16-12(18)7-22-14(19)11-4-5-13(23-11)17(20)21/h2-6H,7H2,1H3,(H,16,18). The van der Waals surface area contributed by atoms with E-state index in [1.54, 1.807) is 6.07 Å². The van der Waals surface area contributed by atoms with E-state index in [9.17, 15) is 19.7 Å². The Morgan fingerprint density at radius 3 is 2.70 bits per heavy atom. The number of anilines is 1. The van der Waals surface area contributed by atoms with Gasteiger partial charge in [-0.2, -0.15) is 0 Å². The van der Waals surface area contributed by atoms with E-state index in [2.05, 4.69) is 27.9 Å². The molecule has 0 spiro atoms. The number of carbonyl (C=O) groups excluding carboxylic acids is 2. The number of carbonyl (C=O) groups is 2. The summed E-state index contributed by atoms with van der Waals surface area (Å²) in [4.78, 5) is 33.6. The van der Waals surface area contributed by atoms with Crippen molar-refractivity contribution in [3.63, 3.8) is 0 Å². The predicted molar refractivity (Wildman–Crippen MR) is 93.8 cm³/mol. The first kappa shape index (κ1) is 17.3. The van der Waals surface area contributed by atoms with Crippen LogP contribution in [0.3, 0.4) is 0 Å². The molecule has 2 aromatic rings. The molecule has 0 saturated heterocycles. The predicted octanol–water partition coefficient (Wildman–Crippen LogP) is 3.36. The molecule has 7 nitrogen and oxygen atoms in total. The van der Waals surface area contributed by atoms with Gasteiger partial charge in [0.25, 0.3) is 5.91 Å². The quantitative estimate of drug-likeness (QED) is 0.329. The average molecular weight is 446 g/mol. The Balaban J connectivity index is 1.90. The monoisotopic (exact) mass is 446 g/mol. The van der Waals surface area contributed by atoms with Crippen LogP contribution in [0.2, 0.25) is 0 Å². The summed E-state index contributed by atoms with van der Waals surface area (Å²) in [5.74, 6) is -1.24. The van der Waals surface area contributed by atoms with Crippen LogP contribution in [0.4, 0.5) is 10.7 Å². The number of benzene rings is 1. The number of nitrogens with one attached hydrogen (secondary N) is 1. The first-order chi connectivity index (χ1) is 10.9. The summed E-state index contributed by atoms with van der Waals surface area (Å²) in [6.07, 6.45) is 0. The molecule has 0 aliphatic carbocycles.